The van der Waals surface area contributed by atoms with Crippen molar-refractivity contribution in [3.8, 4) is 5.75 Å². The summed E-state index contributed by atoms with van der Waals surface area (Å²) in [5.74, 6) is -0.277. The number of aryl methyl sites for hydroxylation is 1. The summed E-state index contributed by atoms with van der Waals surface area (Å²) >= 11 is 0. The van der Waals surface area contributed by atoms with E-state index in [9.17, 15) is 15.2 Å². The lowest BCUT2D eigenvalue weighted by Gasteiger charge is -2.08. The van der Waals surface area contributed by atoms with Crippen molar-refractivity contribution in [2.45, 2.75) is 12.8 Å². The average molecular weight is 224 g/mol. The second-order valence-electron chi connectivity index (χ2n) is 3.99. The van der Waals surface area contributed by atoms with Gasteiger partial charge in [0.25, 0.3) is 0 Å². The van der Waals surface area contributed by atoms with Crippen LogP contribution in [0.15, 0.2) is 18.2 Å². The SMILES string of the molecule is CN(C)CCCc1ccc(O)c([N+](=O)[O-])c1. The fourth-order valence-electron chi connectivity index (χ4n) is 1.47. The van der Waals surface area contributed by atoms with Gasteiger partial charge in [-0.15, -0.1) is 0 Å². The van der Waals surface area contributed by atoms with Crippen LogP contribution in [0.4, 0.5) is 5.69 Å². The molecular formula is C11H16N2O3. The number of nitro groups is 1. The molecule has 0 atom stereocenters. The molecule has 0 spiro atoms. The van der Waals surface area contributed by atoms with Crippen molar-refractivity contribution in [2.24, 2.45) is 0 Å². The van der Waals surface area contributed by atoms with Crippen molar-refractivity contribution in [1.82, 2.24) is 4.90 Å². The lowest BCUT2D eigenvalue weighted by molar-refractivity contribution is -0.385. The summed E-state index contributed by atoms with van der Waals surface area (Å²) in [5.41, 5.74) is 0.661. The number of nitro benzene ring substituents is 1. The van der Waals surface area contributed by atoms with Gasteiger partial charge in [0.15, 0.2) is 5.75 Å². The van der Waals surface area contributed by atoms with Gasteiger partial charge in [0, 0.05) is 6.07 Å². The third-order valence-corrected chi connectivity index (χ3v) is 2.31. The second kappa shape index (κ2) is 5.46. The van der Waals surface area contributed by atoms with Gasteiger partial charge >= 0.3 is 5.69 Å². The van der Waals surface area contributed by atoms with E-state index >= 15 is 0 Å². The normalized spacial score (nSPS) is 10.7. The molecule has 0 fully saturated rings. The van der Waals surface area contributed by atoms with Gasteiger partial charge in [0.1, 0.15) is 0 Å². The highest BCUT2D eigenvalue weighted by Crippen LogP contribution is 2.26. The van der Waals surface area contributed by atoms with Gasteiger partial charge in [-0.2, -0.15) is 0 Å². The zero-order chi connectivity index (χ0) is 12.1. The van der Waals surface area contributed by atoms with Crippen molar-refractivity contribution in [1.29, 1.82) is 0 Å². The number of nitrogens with zero attached hydrogens (tertiary/aromatic N) is 2. The first-order valence-electron chi connectivity index (χ1n) is 5.11. The Hall–Kier alpha value is -1.62. The summed E-state index contributed by atoms with van der Waals surface area (Å²) in [6.45, 7) is 0.939. The number of hydrogen-bond acceptors (Lipinski definition) is 4. The van der Waals surface area contributed by atoms with E-state index in [0.29, 0.717) is 0 Å². The average Bonchev–Trinajstić information content (AvgIpc) is 2.19. The molecule has 0 unspecified atom stereocenters. The van der Waals surface area contributed by atoms with Crippen LogP contribution in [-0.4, -0.2) is 35.6 Å². The summed E-state index contributed by atoms with van der Waals surface area (Å²) in [6.07, 6.45) is 1.72. The fraction of sp³-hybridized carbons (Fsp3) is 0.455. The second-order valence-corrected chi connectivity index (χ2v) is 3.99. The summed E-state index contributed by atoms with van der Waals surface area (Å²) in [6, 6.07) is 4.53. The molecule has 5 heteroatoms. The standard InChI is InChI=1S/C11H16N2O3/c1-12(2)7-3-4-9-5-6-11(14)10(8-9)13(15)16/h5-6,8,14H,3-4,7H2,1-2H3. The number of hydrogen-bond donors (Lipinski definition) is 1. The predicted octanol–water partition coefficient (Wildman–Crippen LogP) is 1.79. The van der Waals surface area contributed by atoms with Crippen LogP contribution < -0.4 is 0 Å². The lowest BCUT2D eigenvalue weighted by Crippen LogP contribution is -2.13. The van der Waals surface area contributed by atoms with Crippen LogP contribution >= 0.6 is 0 Å². The third kappa shape index (κ3) is 3.51. The van der Waals surface area contributed by atoms with Crippen LogP contribution in [-0.2, 0) is 6.42 Å². The van der Waals surface area contributed by atoms with Gasteiger partial charge in [0.2, 0.25) is 0 Å². The third-order valence-electron chi connectivity index (χ3n) is 2.31. The number of phenols is 1. The Bertz CT molecular complexity index is 377. The molecule has 5 nitrogen and oxygen atoms in total. The Morgan fingerprint density at radius 2 is 2.12 bits per heavy atom. The minimum Gasteiger partial charge on any atom is -0.502 e. The van der Waals surface area contributed by atoms with E-state index in [1.165, 1.54) is 12.1 Å². The lowest BCUT2D eigenvalue weighted by atomic mass is 10.1. The van der Waals surface area contributed by atoms with Crippen LogP contribution in [0.2, 0.25) is 0 Å². The molecule has 0 amide bonds. The van der Waals surface area contributed by atoms with Crippen molar-refractivity contribution < 1.29 is 10.0 Å². The van der Waals surface area contributed by atoms with E-state index < -0.39 is 4.92 Å². The van der Waals surface area contributed by atoms with Crippen molar-refractivity contribution in [3.63, 3.8) is 0 Å². The van der Waals surface area contributed by atoms with Crippen LogP contribution in [0.5, 0.6) is 5.75 Å². The number of aromatic hydroxyl groups is 1. The van der Waals surface area contributed by atoms with Crippen LogP contribution in [0.25, 0.3) is 0 Å². The maximum atomic E-state index is 10.6. The van der Waals surface area contributed by atoms with E-state index in [1.807, 2.05) is 14.1 Å². The Kier molecular flexibility index (Phi) is 4.25. The smallest absolute Gasteiger partial charge is 0.310 e. The number of rotatable bonds is 5. The van der Waals surface area contributed by atoms with Crippen LogP contribution in [0, 0.1) is 10.1 Å². The maximum Gasteiger partial charge on any atom is 0.310 e. The van der Waals surface area contributed by atoms with Gasteiger partial charge in [-0.05, 0) is 45.1 Å². The summed E-state index contributed by atoms with van der Waals surface area (Å²) in [4.78, 5) is 12.1. The van der Waals surface area contributed by atoms with E-state index in [4.69, 9.17) is 0 Å². The van der Waals surface area contributed by atoms with E-state index in [2.05, 4.69) is 4.90 Å². The molecule has 0 saturated carbocycles. The van der Waals surface area contributed by atoms with Crippen molar-refractivity contribution in [3.05, 3.63) is 33.9 Å². The van der Waals surface area contributed by atoms with Gasteiger partial charge in [0.05, 0.1) is 4.92 Å². The summed E-state index contributed by atoms with van der Waals surface area (Å²) < 4.78 is 0. The van der Waals surface area contributed by atoms with Gasteiger partial charge < -0.3 is 10.0 Å². The molecule has 0 aromatic heterocycles. The molecule has 0 bridgehead atoms. The van der Waals surface area contributed by atoms with E-state index in [-0.39, 0.29) is 11.4 Å². The predicted molar refractivity (Wildman–Crippen MR) is 61.6 cm³/mol. The van der Waals surface area contributed by atoms with Gasteiger partial charge in [-0.25, -0.2) is 0 Å². The first-order valence-corrected chi connectivity index (χ1v) is 5.11. The van der Waals surface area contributed by atoms with Gasteiger partial charge in [-0.3, -0.25) is 10.1 Å². The highest BCUT2D eigenvalue weighted by Gasteiger charge is 2.13. The fourth-order valence-corrected chi connectivity index (χ4v) is 1.47. The molecule has 1 aromatic rings. The molecule has 0 saturated heterocycles. The zero-order valence-electron chi connectivity index (χ0n) is 9.51. The van der Waals surface area contributed by atoms with Gasteiger partial charge in [-0.1, -0.05) is 6.07 Å². The van der Waals surface area contributed by atoms with E-state index in [0.717, 1.165) is 24.9 Å². The highest BCUT2D eigenvalue weighted by molar-refractivity contribution is 5.47. The minimum atomic E-state index is -0.565. The van der Waals surface area contributed by atoms with Crippen molar-refractivity contribution in [2.75, 3.05) is 20.6 Å². The first kappa shape index (κ1) is 12.4. The highest BCUT2D eigenvalue weighted by atomic mass is 16.6. The first-order chi connectivity index (χ1) is 7.50. The Morgan fingerprint density at radius 3 is 2.69 bits per heavy atom. The van der Waals surface area contributed by atoms with Crippen LogP contribution in [0.1, 0.15) is 12.0 Å². The molecule has 88 valence electrons. The maximum absolute atomic E-state index is 10.6. The molecule has 0 radical (unpaired) electrons. The Morgan fingerprint density at radius 1 is 1.44 bits per heavy atom. The zero-order valence-corrected chi connectivity index (χ0v) is 9.51. The summed E-state index contributed by atoms with van der Waals surface area (Å²) in [5, 5.41) is 19.9. The molecule has 1 rings (SSSR count). The molecule has 16 heavy (non-hydrogen) atoms. The quantitative estimate of drug-likeness (QED) is 0.611. The molecule has 0 aliphatic rings. The molecule has 1 N–H and O–H groups in total. The molecule has 1 aromatic carbocycles. The van der Waals surface area contributed by atoms with Crippen LogP contribution in [0.3, 0.4) is 0 Å². The molecule has 0 aliphatic carbocycles. The van der Waals surface area contributed by atoms with Crippen molar-refractivity contribution >= 4 is 5.69 Å². The number of benzene rings is 1. The number of phenolic OH excluding ortho intramolecular Hbond substituents is 1. The molecule has 0 heterocycles. The Labute approximate surface area is 94.5 Å². The molecular weight excluding hydrogens is 208 g/mol. The monoisotopic (exact) mass is 224 g/mol. The molecule has 0 aliphatic heterocycles. The van der Waals surface area contributed by atoms with E-state index in [1.54, 1.807) is 6.07 Å². The minimum absolute atomic E-state index is 0.220. The largest absolute Gasteiger partial charge is 0.502 e. The topological polar surface area (TPSA) is 66.6 Å². The Balaban J connectivity index is 2.68. The summed E-state index contributed by atoms with van der Waals surface area (Å²) in [7, 11) is 3.97.